The first-order chi connectivity index (χ1) is 10.7. The number of benzene rings is 1. The summed E-state index contributed by atoms with van der Waals surface area (Å²) in [6.45, 7) is 0. The number of rotatable bonds is 3. The van der Waals surface area contributed by atoms with Crippen molar-refractivity contribution in [2.45, 2.75) is 37.3 Å². The van der Waals surface area contributed by atoms with E-state index in [9.17, 15) is 4.39 Å². The fourth-order valence-electron chi connectivity index (χ4n) is 2.93. The average Bonchev–Trinajstić information content (AvgIpc) is 3.26. The summed E-state index contributed by atoms with van der Waals surface area (Å²) in [4.78, 5) is 4.29. The summed E-state index contributed by atoms with van der Waals surface area (Å²) in [5.41, 5.74) is 0.630. The van der Waals surface area contributed by atoms with Gasteiger partial charge < -0.3 is 10.6 Å². The van der Waals surface area contributed by atoms with E-state index >= 15 is 0 Å². The lowest BCUT2D eigenvalue weighted by Crippen LogP contribution is -2.46. The van der Waals surface area contributed by atoms with Crippen LogP contribution in [-0.2, 0) is 0 Å². The van der Waals surface area contributed by atoms with Crippen LogP contribution >= 0.6 is 47.3 Å². The second kappa shape index (κ2) is 8.76. The maximum Gasteiger partial charge on any atom is 0.191 e. The molecule has 0 amide bonds. The van der Waals surface area contributed by atoms with Gasteiger partial charge in [-0.05, 0) is 37.1 Å². The standard InChI is InChI=1S/C16H21ClFN3S.HI/c1-19-16(20-10-4-3-7-22-9-10)21-14-8-11(14)15-12(17)5-2-6-13(15)18;/h2,5-6,10-11,14H,3-4,7-9H2,1H3,(H2,19,20,21);1H. The molecule has 1 aromatic carbocycles. The minimum Gasteiger partial charge on any atom is -0.353 e. The van der Waals surface area contributed by atoms with Crippen LogP contribution < -0.4 is 10.6 Å². The third kappa shape index (κ3) is 4.89. The molecule has 1 aliphatic heterocycles. The molecule has 128 valence electrons. The molecule has 0 radical (unpaired) electrons. The number of guanidine groups is 1. The molecule has 3 unspecified atom stereocenters. The summed E-state index contributed by atoms with van der Waals surface area (Å²) >= 11 is 8.12. The lowest BCUT2D eigenvalue weighted by atomic mass is 10.1. The van der Waals surface area contributed by atoms with Crippen molar-refractivity contribution in [3.05, 3.63) is 34.6 Å². The Kier molecular flexibility index (Phi) is 7.28. The summed E-state index contributed by atoms with van der Waals surface area (Å²) in [6, 6.07) is 5.55. The highest BCUT2D eigenvalue weighted by molar-refractivity contribution is 14.0. The van der Waals surface area contributed by atoms with Crippen LogP contribution in [0.2, 0.25) is 5.02 Å². The van der Waals surface area contributed by atoms with Gasteiger partial charge in [-0.3, -0.25) is 4.99 Å². The molecule has 0 spiro atoms. The van der Waals surface area contributed by atoms with Crippen molar-refractivity contribution in [1.82, 2.24) is 10.6 Å². The van der Waals surface area contributed by atoms with Crippen LogP contribution in [0.1, 0.15) is 30.7 Å². The van der Waals surface area contributed by atoms with Gasteiger partial charge in [-0.2, -0.15) is 11.8 Å². The van der Waals surface area contributed by atoms with Crippen LogP contribution in [-0.4, -0.2) is 36.6 Å². The molecule has 3 atom stereocenters. The molecule has 1 aromatic rings. The van der Waals surface area contributed by atoms with E-state index in [0.29, 0.717) is 16.6 Å². The van der Waals surface area contributed by atoms with Crippen molar-refractivity contribution in [2.24, 2.45) is 4.99 Å². The van der Waals surface area contributed by atoms with Gasteiger partial charge in [0.25, 0.3) is 0 Å². The highest BCUT2D eigenvalue weighted by Gasteiger charge is 2.42. The van der Waals surface area contributed by atoms with Gasteiger partial charge in [-0.25, -0.2) is 4.39 Å². The molecule has 0 bridgehead atoms. The van der Waals surface area contributed by atoms with Gasteiger partial charge in [0.2, 0.25) is 0 Å². The maximum atomic E-state index is 13.9. The maximum absolute atomic E-state index is 13.9. The predicted octanol–water partition coefficient (Wildman–Crippen LogP) is 4.01. The normalized spacial score (nSPS) is 27.1. The summed E-state index contributed by atoms with van der Waals surface area (Å²) < 4.78 is 13.9. The topological polar surface area (TPSA) is 36.4 Å². The molecule has 2 N–H and O–H groups in total. The van der Waals surface area contributed by atoms with E-state index in [1.165, 1.54) is 24.7 Å². The largest absolute Gasteiger partial charge is 0.353 e. The number of hydrogen-bond acceptors (Lipinski definition) is 2. The molecule has 2 fully saturated rings. The Labute approximate surface area is 163 Å². The number of halogens is 3. The smallest absolute Gasteiger partial charge is 0.191 e. The minimum absolute atomic E-state index is 0. The average molecular weight is 470 g/mol. The van der Waals surface area contributed by atoms with Crippen molar-refractivity contribution in [3.8, 4) is 0 Å². The molecule has 3 rings (SSSR count). The van der Waals surface area contributed by atoms with Gasteiger partial charge in [0.05, 0.1) is 0 Å². The first-order valence-corrected chi connectivity index (χ1v) is 9.24. The van der Waals surface area contributed by atoms with Gasteiger partial charge in [0.15, 0.2) is 5.96 Å². The van der Waals surface area contributed by atoms with Gasteiger partial charge in [-0.15, -0.1) is 24.0 Å². The van der Waals surface area contributed by atoms with Crippen molar-refractivity contribution in [3.63, 3.8) is 0 Å². The molecule has 1 saturated heterocycles. The summed E-state index contributed by atoms with van der Waals surface area (Å²) in [5, 5.41) is 7.38. The van der Waals surface area contributed by atoms with Crippen LogP contribution in [0.3, 0.4) is 0 Å². The Balaban J connectivity index is 0.00000192. The van der Waals surface area contributed by atoms with Crippen LogP contribution in [0.5, 0.6) is 0 Å². The van der Waals surface area contributed by atoms with E-state index in [0.717, 1.165) is 18.1 Å². The SMILES string of the molecule is CN=C(NC1CCCSC1)NC1CC1c1c(F)cccc1Cl.I. The fourth-order valence-corrected chi connectivity index (χ4v) is 4.31. The summed E-state index contributed by atoms with van der Waals surface area (Å²) in [6.07, 6.45) is 3.32. The van der Waals surface area contributed by atoms with Gasteiger partial charge in [-0.1, -0.05) is 17.7 Å². The Morgan fingerprint density at radius 1 is 1.39 bits per heavy atom. The predicted molar refractivity (Wildman–Crippen MR) is 108 cm³/mol. The van der Waals surface area contributed by atoms with Crippen molar-refractivity contribution in [2.75, 3.05) is 18.6 Å². The Morgan fingerprint density at radius 3 is 2.87 bits per heavy atom. The molecule has 3 nitrogen and oxygen atoms in total. The Bertz CT molecular complexity index is 546. The molecular formula is C16H22ClFIN3S. The van der Waals surface area contributed by atoms with Gasteiger partial charge in [0, 0.05) is 41.4 Å². The van der Waals surface area contributed by atoms with Crippen molar-refractivity contribution >= 4 is 53.3 Å². The Hall–Kier alpha value is -0.210. The number of hydrogen-bond donors (Lipinski definition) is 2. The number of nitrogens with one attached hydrogen (secondary N) is 2. The summed E-state index contributed by atoms with van der Waals surface area (Å²) in [5.74, 6) is 3.10. The molecule has 2 aliphatic rings. The summed E-state index contributed by atoms with van der Waals surface area (Å²) in [7, 11) is 1.78. The van der Waals surface area contributed by atoms with Crippen molar-refractivity contribution in [1.29, 1.82) is 0 Å². The van der Waals surface area contributed by atoms with Crippen LogP contribution in [0, 0.1) is 5.82 Å². The molecular weight excluding hydrogens is 448 g/mol. The van der Waals surface area contributed by atoms with E-state index < -0.39 is 0 Å². The zero-order chi connectivity index (χ0) is 15.5. The lowest BCUT2D eigenvalue weighted by Gasteiger charge is -2.24. The molecule has 0 aromatic heterocycles. The second-order valence-corrected chi connectivity index (χ2v) is 7.42. The number of aliphatic imine (C=N–C) groups is 1. The highest BCUT2D eigenvalue weighted by Crippen LogP contribution is 2.44. The molecule has 1 heterocycles. The zero-order valence-corrected chi connectivity index (χ0v) is 16.9. The molecule has 1 aliphatic carbocycles. The van der Waals surface area contributed by atoms with Crippen LogP contribution in [0.25, 0.3) is 0 Å². The third-order valence-corrected chi connectivity index (χ3v) is 5.75. The van der Waals surface area contributed by atoms with E-state index in [1.807, 2.05) is 11.8 Å². The number of thioether (sulfide) groups is 1. The quantitative estimate of drug-likeness (QED) is 0.399. The van der Waals surface area contributed by atoms with E-state index in [4.69, 9.17) is 11.6 Å². The van der Waals surface area contributed by atoms with Crippen LogP contribution in [0.15, 0.2) is 23.2 Å². The molecule has 1 saturated carbocycles. The van der Waals surface area contributed by atoms with Crippen molar-refractivity contribution < 1.29 is 4.39 Å². The zero-order valence-electron chi connectivity index (χ0n) is 13.0. The lowest BCUT2D eigenvalue weighted by molar-refractivity contribution is 0.579. The number of nitrogens with zero attached hydrogens (tertiary/aromatic N) is 1. The van der Waals surface area contributed by atoms with Gasteiger partial charge >= 0.3 is 0 Å². The third-order valence-electron chi connectivity index (χ3n) is 4.21. The monoisotopic (exact) mass is 469 g/mol. The van der Waals surface area contributed by atoms with E-state index in [-0.39, 0.29) is 41.8 Å². The van der Waals surface area contributed by atoms with E-state index in [1.54, 1.807) is 19.2 Å². The minimum atomic E-state index is -0.214. The van der Waals surface area contributed by atoms with E-state index in [2.05, 4.69) is 15.6 Å². The molecule has 7 heteroatoms. The first-order valence-electron chi connectivity index (χ1n) is 7.70. The van der Waals surface area contributed by atoms with Gasteiger partial charge in [0.1, 0.15) is 5.82 Å². The second-order valence-electron chi connectivity index (χ2n) is 5.86. The fraction of sp³-hybridized carbons (Fsp3) is 0.562. The Morgan fingerprint density at radius 2 is 2.22 bits per heavy atom. The molecule has 23 heavy (non-hydrogen) atoms. The van der Waals surface area contributed by atoms with Crippen LogP contribution in [0.4, 0.5) is 4.39 Å². The highest BCUT2D eigenvalue weighted by atomic mass is 127. The first kappa shape index (κ1) is 19.1.